The fraction of sp³-hybridized carbons (Fsp3) is 0.429. The third kappa shape index (κ3) is 2.23. The van der Waals surface area contributed by atoms with Crippen LogP contribution in [0.1, 0.15) is 19.4 Å². The van der Waals surface area contributed by atoms with Crippen molar-refractivity contribution in [3.63, 3.8) is 0 Å². The van der Waals surface area contributed by atoms with Crippen LogP contribution < -0.4 is 5.73 Å². The van der Waals surface area contributed by atoms with Gasteiger partial charge in [0.05, 0.1) is 0 Å². The molecule has 2 atom stereocenters. The minimum atomic E-state index is -0.196. The number of benzene rings is 1. The minimum Gasteiger partial charge on any atom is -0.399 e. The normalized spacial score (nSPS) is 23.8. The number of hydrogen-bond donors (Lipinski definition) is 1. The lowest BCUT2D eigenvalue weighted by molar-refractivity contribution is -0.139. The summed E-state index contributed by atoms with van der Waals surface area (Å²) >= 11 is 0. The van der Waals surface area contributed by atoms with Crippen LogP contribution in [0, 0.1) is 11.8 Å². The molecule has 1 aliphatic heterocycles. The van der Waals surface area contributed by atoms with Gasteiger partial charge in [-0.1, -0.05) is 26.0 Å². The third-order valence-electron chi connectivity index (χ3n) is 3.64. The molecule has 0 aromatic heterocycles. The zero-order chi connectivity index (χ0) is 13.3. The van der Waals surface area contributed by atoms with Gasteiger partial charge in [-0.3, -0.25) is 14.5 Å². The predicted molar refractivity (Wildman–Crippen MR) is 69.6 cm³/mol. The van der Waals surface area contributed by atoms with Crippen molar-refractivity contribution < 1.29 is 9.59 Å². The first kappa shape index (κ1) is 12.6. The summed E-state index contributed by atoms with van der Waals surface area (Å²) in [6.07, 6.45) is 0.655. The number of anilines is 1. The van der Waals surface area contributed by atoms with Gasteiger partial charge in [-0.15, -0.1) is 0 Å². The zero-order valence-corrected chi connectivity index (χ0v) is 10.7. The summed E-state index contributed by atoms with van der Waals surface area (Å²) in [6, 6.07) is 7.52. The van der Waals surface area contributed by atoms with E-state index < -0.39 is 0 Å². The number of nitrogen functional groups attached to an aromatic ring is 1. The van der Waals surface area contributed by atoms with Gasteiger partial charge in [0.15, 0.2) is 0 Å². The fourth-order valence-corrected chi connectivity index (χ4v) is 2.24. The van der Waals surface area contributed by atoms with E-state index in [4.69, 9.17) is 5.73 Å². The molecule has 0 spiro atoms. The van der Waals surface area contributed by atoms with Crippen LogP contribution in [0.2, 0.25) is 0 Å². The topological polar surface area (TPSA) is 63.4 Å². The van der Waals surface area contributed by atoms with E-state index >= 15 is 0 Å². The van der Waals surface area contributed by atoms with Crippen molar-refractivity contribution in [2.24, 2.45) is 11.8 Å². The van der Waals surface area contributed by atoms with Crippen LogP contribution in [0.4, 0.5) is 5.69 Å². The fourth-order valence-electron chi connectivity index (χ4n) is 2.24. The number of hydrogen-bond acceptors (Lipinski definition) is 3. The molecule has 2 unspecified atom stereocenters. The Balaban J connectivity index is 2.03. The summed E-state index contributed by atoms with van der Waals surface area (Å²) in [4.78, 5) is 25.2. The van der Waals surface area contributed by atoms with Crippen LogP contribution in [0.3, 0.4) is 0 Å². The number of nitrogens with zero attached hydrogens (tertiary/aromatic N) is 1. The average molecular weight is 246 g/mol. The molecule has 0 bridgehead atoms. The van der Waals surface area contributed by atoms with Crippen LogP contribution in [0.5, 0.6) is 0 Å². The number of amides is 2. The molecular formula is C14H18N2O2. The molecule has 2 amide bonds. The molecule has 0 aliphatic carbocycles. The summed E-state index contributed by atoms with van der Waals surface area (Å²) in [6.45, 7) is 4.06. The van der Waals surface area contributed by atoms with E-state index in [1.807, 2.05) is 38.1 Å². The molecule has 0 saturated carbocycles. The van der Waals surface area contributed by atoms with Crippen molar-refractivity contribution in [2.75, 3.05) is 12.3 Å². The second-order valence-electron chi connectivity index (χ2n) is 4.90. The van der Waals surface area contributed by atoms with Crippen LogP contribution in [-0.2, 0) is 16.0 Å². The standard InChI is InChI=1S/C14H18N2O2/c1-9-10(2)14(18)16(13(9)17)7-6-11-4-3-5-12(15)8-11/h3-5,8-10H,6-7,15H2,1-2H3. The number of carbonyl (C=O) groups excluding carboxylic acids is 2. The van der Waals surface area contributed by atoms with Crippen LogP contribution in [-0.4, -0.2) is 23.3 Å². The highest BCUT2D eigenvalue weighted by molar-refractivity contribution is 6.04. The van der Waals surface area contributed by atoms with E-state index in [0.29, 0.717) is 18.7 Å². The highest BCUT2D eigenvalue weighted by atomic mass is 16.2. The molecule has 1 aromatic carbocycles. The minimum absolute atomic E-state index is 0.0589. The molecule has 96 valence electrons. The molecule has 2 N–H and O–H groups in total. The largest absolute Gasteiger partial charge is 0.399 e. The Morgan fingerprint density at radius 2 is 1.78 bits per heavy atom. The first-order valence-electron chi connectivity index (χ1n) is 6.20. The smallest absolute Gasteiger partial charge is 0.232 e. The van der Waals surface area contributed by atoms with Crippen molar-refractivity contribution in [1.29, 1.82) is 0 Å². The Bertz CT molecular complexity index is 464. The van der Waals surface area contributed by atoms with Gasteiger partial charge >= 0.3 is 0 Å². The number of imide groups is 1. The zero-order valence-electron chi connectivity index (χ0n) is 10.7. The van der Waals surface area contributed by atoms with Crippen molar-refractivity contribution in [3.05, 3.63) is 29.8 Å². The summed E-state index contributed by atoms with van der Waals surface area (Å²) < 4.78 is 0. The second-order valence-corrected chi connectivity index (χ2v) is 4.90. The van der Waals surface area contributed by atoms with E-state index in [9.17, 15) is 9.59 Å². The van der Waals surface area contributed by atoms with Gasteiger partial charge in [0, 0.05) is 24.1 Å². The van der Waals surface area contributed by atoms with Gasteiger partial charge in [0.2, 0.25) is 11.8 Å². The summed E-state index contributed by atoms with van der Waals surface area (Å²) in [5, 5.41) is 0. The van der Waals surface area contributed by atoms with Crippen molar-refractivity contribution in [3.8, 4) is 0 Å². The number of rotatable bonds is 3. The second kappa shape index (κ2) is 4.80. The van der Waals surface area contributed by atoms with Gasteiger partial charge in [-0.2, -0.15) is 0 Å². The lowest BCUT2D eigenvalue weighted by Gasteiger charge is -2.14. The Hall–Kier alpha value is -1.84. The van der Waals surface area contributed by atoms with Crippen LogP contribution in [0.25, 0.3) is 0 Å². The van der Waals surface area contributed by atoms with Gasteiger partial charge < -0.3 is 5.73 Å². The highest BCUT2D eigenvalue weighted by Crippen LogP contribution is 2.25. The van der Waals surface area contributed by atoms with Gasteiger partial charge in [0.1, 0.15) is 0 Å². The van der Waals surface area contributed by atoms with Crippen LogP contribution >= 0.6 is 0 Å². The predicted octanol–water partition coefficient (Wildman–Crippen LogP) is 1.45. The summed E-state index contributed by atoms with van der Waals surface area (Å²) in [7, 11) is 0. The SMILES string of the molecule is CC1C(=O)N(CCc2cccc(N)c2)C(=O)C1C. The number of nitrogens with two attached hydrogens (primary N) is 1. The van der Waals surface area contributed by atoms with E-state index in [1.54, 1.807) is 0 Å². The molecule has 1 saturated heterocycles. The average Bonchev–Trinajstić information content (AvgIpc) is 2.52. The molecule has 1 aromatic rings. The van der Waals surface area contributed by atoms with Crippen molar-refractivity contribution in [2.45, 2.75) is 20.3 Å². The first-order chi connectivity index (χ1) is 8.50. The van der Waals surface area contributed by atoms with Crippen molar-refractivity contribution >= 4 is 17.5 Å². The van der Waals surface area contributed by atoms with E-state index in [2.05, 4.69) is 0 Å². The van der Waals surface area contributed by atoms with E-state index in [0.717, 1.165) is 5.56 Å². The Labute approximate surface area is 107 Å². The van der Waals surface area contributed by atoms with E-state index in [-0.39, 0.29) is 23.7 Å². The number of carbonyl (C=O) groups is 2. The Morgan fingerprint density at radius 1 is 1.17 bits per heavy atom. The molecule has 1 aliphatic rings. The summed E-state index contributed by atoms with van der Waals surface area (Å²) in [5.74, 6) is -0.510. The molecule has 18 heavy (non-hydrogen) atoms. The van der Waals surface area contributed by atoms with Gasteiger partial charge in [-0.25, -0.2) is 0 Å². The number of likely N-dealkylation sites (tertiary alicyclic amines) is 1. The maximum atomic E-state index is 11.9. The molecule has 1 fully saturated rings. The maximum Gasteiger partial charge on any atom is 0.232 e. The lowest BCUT2D eigenvalue weighted by atomic mass is 10.00. The summed E-state index contributed by atoms with van der Waals surface area (Å²) in [5.41, 5.74) is 7.44. The molecular weight excluding hydrogens is 228 g/mol. The molecule has 4 heteroatoms. The van der Waals surface area contributed by atoms with Crippen molar-refractivity contribution in [1.82, 2.24) is 4.90 Å². The monoisotopic (exact) mass is 246 g/mol. The molecule has 4 nitrogen and oxygen atoms in total. The molecule has 2 rings (SSSR count). The third-order valence-corrected chi connectivity index (χ3v) is 3.64. The van der Waals surface area contributed by atoms with Gasteiger partial charge in [-0.05, 0) is 24.1 Å². The van der Waals surface area contributed by atoms with Gasteiger partial charge in [0.25, 0.3) is 0 Å². The van der Waals surface area contributed by atoms with E-state index in [1.165, 1.54) is 4.90 Å². The molecule has 1 heterocycles. The quantitative estimate of drug-likeness (QED) is 0.648. The molecule has 0 radical (unpaired) electrons. The lowest BCUT2D eigenvalue weighted by Crippen LogP contribution is -2.32. The first-order valence-corrected chi connectivity index (χ1v) is 6.20. The van der Waals surface area contributed by atoms with Crippen LogP contribution in [0.15, 0.2) is 24.3 Å². The maximum absolute atomic E-state index is 11.9. The highest BCUT2D eigenvalue weighted by Gasteiger charge is 2.41. The Morgan fingerprint density at radius 3 is 2.33 bits per heavy atom. The Kier molecular flexibility index (Phi) is 3.36.